The van der Waals surface area contributed by atoms with Crippen molar-refractivity contribution in [1.82, 2.24) is 15.3 Å². The molecule has 0 bridgehead atoms. The van der Waals surface area contributed by atoms with Gasteiger partial charge in [-0.2, -0.15) is 0 Å². The lowest BCUT2D eigenvalue weighted by Gasteiger charge is -1.96. The first-order valence-electron chi connectivity index (χ1n) is 5.40. The van der Waals surface area contributed by atoms with Crippen LogP contribution in [-0.4, -0.2) is 23.6 Å². The van der Waals surface area contributed by atoms with E-state index in [1.165, 1.54) is 4.88 Å². The van der Waals surface area contributed by atoms with Crippen molar-refractivity contribution in [2.75, 3.05) is 13.6 Å². The minimum Gasteiger partial charge on any atom is -0.320 e. The summed E-state index contributed by atoms with van der Waals surface area (Å²) in [6.45, 7) is 1.06. The molecule has 0 amide bonds. The summed E-state index contributed by atoms with van der Waals surface area (Å²) < 4.78 is 0. The van der Waals surface area contributed by atoms with Crippen LogP contribution in [0.1, 0.15) is 11.3 Å². The second-order valence-corrected chi connectivity index (χ2v) is 4.70. The molecular weight excluding hydrogens is 218 g/mol. The van der Waals surface area contributed by atoms with E-state index >= 15 is 0 Å². The summed E-state index contributed by atoms with van der Waals surface area (Å²) in [7, 11) is 1.98. The van der Waals surface area contributed by atoms with Crippen LogP contribution < -0.4 is 5.32 Å². The van der Waals surface area contributed by atoms with Crippen molar-refractivity contribution in [1.29, 1.82) is 0 Å². The maximum absolute atomic E-state index is 4.42. The lowest BCUT2D eigenvalue weighted by Crippen LogP contribution is -2.07. The Labute approximate surface area is 99.6 Å². The average molecular weight is 233 g/mol. The Morgan fingerprint density at radius 2 is 2.31 bits per heavy atom. The topological polar surface area (TPSA) is 37.8 Å². The van der Waals surface area contributed by atoms with E-state index < -0.39 is 0 Å². The number of aryl methyl sites for hydroxylation is 1. The zero-order chi connectivity index (χ0) is 11.2. The SMILES string of the molecule is CNCCCc1cnc(-c2cccnc2)s1. The molecule has 16 heavy (non-hydrogen) atoms. The van der Waals surface area contributed by atoms with Crippen molar-refractivity contribution in [2.24, 2.45) is 0 Å². The fourth-order valence-electron chi connectivity index (χ4n) is 1.49. The summed E-state index contributed by atoms with van der Waals surface area (Å²) in [5.74, 6) is 0. The van der Waals surface area contributed by atoms with Crippen molar-refractivity contribution in [3.8, 4) is 10.6 Å². The normalized spacial score (nSPS) is 10.6. The number of hydrogen-bond acceptors (Lipinski definition) is 4. The Hall–Kier alpha value is -1.26. The molecule has 0 aliphatic carbocycles. The maximum atomic E-state index is 4.42. The standard InChI is InChI=1S/C12H15N3S/c1-13-6-3-5-11-9-15-12(16-11)10-4-2-7-14-8-10/h2,4,7-9,13H,3,5-6H2,1H3. The fraction of sp³-hybridized carbons (Fsp3) is 0.333. The fourth-order valence-corrected chi connectivity index (χ4v) is 2.43. The van der Waals surface area contributed by atoms with Gasteiger partial charge in [-0.15, -0.1) is 11.3 Å². The summed E-state index contributed by atoms with van der Waals surface area (Å²) >= 11 is 1.76. The van der Waals surface area contributed by atoms with Crippen molar-refractivity contribution in [3.63, 3.8) is 0 Å². The Morgan fingerprint density at radius 1 is 1.38 bits per heavy atom. The van der Waals surface area contributed by atoms with Gasteiger partial charge in [-0.05, 0) is 38.6 Å². The first-order valence-corrected chi connectivity index (χ1v) is 6.21. The van der Waals surface area contributed by atoms with Gasteiger partial charge in [0.25, 0.3) is 0 Å². The summed E-state index contributed by atoms with van der Waals surface area (Å²) in [6.07, 6.45) is 7.87. The molecule has 0 spiro atoms. The molecule has 0 fully saturated rings. The molecule has 0 unspecified atom stereocenters. The molecule has 0 saturated heterocycles. The third kappa shape index (κ3) is 2.87. The lowest BCUT2D eigenvalue weighted by molar-refractivity contribution is 0.729. The molecule has 2 aromatic heterocycles. The average Bonchev–Trinajstić information content (AvgIpc) is 2.79. The van der Waals surface area contributed by atoms with Crippen LogP contribution in [-0.2, 0) is 6.42 Å². The maximum Gasteiger partial charge on any atom is 0.125 e. The molecule has 2 aromatic rings. The van der Waals surface area contributed by atoms with E-state index in [4.69, 9.17) is 0 Å². The highest BCUT2D eigenvalue weighted by atomic mass is 32.1. The quantitative estimate of drug-likeness (QED) is 0.806. The van der Waals surface area contributed by atoms with Gasteiger partial charge in [0.1, 0.15) is 5.01 Å². The van der Waals surface area contributed by atoms with Gasteiger partial charge in [-0.3, -0.25) is 4.98 Å². The Bertz CT molecular complexity index is 425. The first kappa shape index (κ1) is 11.2. The Kier molecular flexibility index (Phi) is 4.02. The lowest BCUT2D eigenvalue weighted by atomic mass is 10.3. The van der Waals surface area contributed by atoms with Crippen LogP contribution in [0.15, 0.2) is 30.7 Å². The summed E-state index contributed by atoms with van der Waals surface area (Å²) in [6, 6.07) is 3.99. The van der Waals surface area contributed by atoms with Crippen LogP contribution in [0.25, 0.3) is 10.6 Å². The second-order valence-electron chi connectivity index (χ2n) is 3.58. The third-order valence-corrected chi connectivity index (χ3v) is 3.42. The second kappa shape index (κ2) is 5.72. The molecule has 1 N–H and O–H groups in total. The molecule has 0 aliphatic rings. The highest BCUT2D eigenvalue weighted by Gasteiger charge is 2.03. The number of nitrogens with zero attached hydrogens (tertiary/aromatic N) is 2. The molecule has 3 nitrogen and oxygen atoms in total. The molecule has 0 aromatic carbocycles. The van der Waals surface area contributed by atoms with Crippen molar-refractivity contribution in [2.45, 2.75) is 12.8 Å². The molecule has 2 rings (SSSR count). The minimum absolute atomic E-state index is 1.06. The summed E-state index contributed by atoms with van der Waals surface area (Å²) in [4.78, 5) is 9.87. The zero-order valence-corrected chi connectivity index (χ0v) is 10.1. The number of rotatable bonds is 5. The molecule has 0 atom stereocenters. The summed E-state index contributed by atoms with van der Waals surface area (Å²) in [5.41, 5.74) is 1.10. The van der Waals surface area contributed by atoms with Gasteiger partial charge in [-0.25, -0.2) is 4.98 Å². The van der Waals surface area contributed by atoms with Crippen molar-refractivity contribution < 1.29 is 0 Å². The smallest absolute Gasteiger partial charge is 0.125 e. The number of pyridine rings is 1. The van der Waals surface area contributed by atoms with Gasteiger partial charge in [0.15, 0.2) is 0 Å². The van der Waals surface area contributed by atoms with Gasteiger partial charge < -0.3 is 5.32 Å². The molecule has 4 heteroatoms. The van der Waals surface area contributed by atoms with Gasteiger partial charge >= 0.3 is 0 Å². The number of nitrogens with one attached hydrogen (secondary N) is 1. The van der Waals surface area contributed by atoms with E-state index in [1.54, 1.807) is 17.5 Å². The van der Waals surface area contributed by atoms with E-state index in [9.17, 15) is 0 Å². The molecular formula is C12H15N3S. The van der Waals surface area contributed by atoms with E-state index in [-0.39, 0.29) is 0 Å². The Balaban J connectivity index is 2.02. The van der Waals surface area contributed by atoms with E-state index in [0.717, 1.165) is 30.0 Å². The van der Waals surface area contributed by atoms with Crippen LogP contribution >= 0.6 is 11.3 Å². The van der Waals surface area contributed by atoms with Gasteiger partial charge in [0.2, 0.25) is 0 Å². The van der Waals surface area contributed by atoms with Crippen molar-refractivity contribution in [3.05, 3.63) is 35.6 Å². The van der Waals surface area contributed by atoms with Gasteiger partial charge in [0, 0.05) is 29.0 Å². The summed E-state index contributed by atoms with van der Waals surface area (Å²) in [5, 5.41) is 4.21. The molecule has 84 valence electrons. The van der Waals surface area contributed by atoms with Crippen LogP contribution in [0.3, 0.4) is 0 Å². The van der Waals surface area contributed by atoms with Gasteiger partial charge in [-0.1, -0.05) is 0 Å². The first-order chi connectivity index (χ1) is 7.90. The highest BCUT2D eigenvalue weighted by molar-refractivity contribution is 7.15. The van der Waals surface area contributed by atoms with Crippen LogP contribution in [0, 0.1) is 0 Å². The van der Waals surface area contributed by atoms with Crippen LogP contribution in [0.5, 0.6) is 0 Å². The van der Waals surface area contributed by atoms with E-state index in [0.29, 0.717) is 0 Å². The number of aromatic nitrogens is 2. The molecule has 0 aliphatic heterocycles. The molecule has 0 saturated carbocycles. The molecule has 0 radical (unpaired) electrons. The van der Waals surface area contributed by atoms with E-state index in [1.807, 2.05) is 31.6 Å². The minimum atomic E-state index is 1.06. The zero-order valence-electron chi connectivity index (χ0n) is 9.31. The van der Waals surface area contributed by atoms with Crippen LogP contribution in [0.2, 0.25) is 0 Å². The largest absolute Gasteiger partial charge is 0.320 e. The predicted molar refractivity (Wildman–Crippen MR) is 67.6 cm³/mol. The third-order valence-electron chi connectivity index (χ3n) is 2.31. The highest BCUT2D eigenvalue weighted by Crippen LogP contribution is 2.24. The number of hydrogen-bond donors (Lipinski definition) is 1. The van der Waals surface area contributed by atoms with Crippen LogP contribution in [0.4, 0.5) is 0 Å². The van der Waals surface area contributed by atoms with Crippen molar-refractivity contribution >= 4 is 11.3 Å². The predicted octanol–water partition coefficient (Wildman–Crippen LogP) is 2.36. The van der Waals surface area contributed by atoms with E-state index in [2.05, 4.69) is 15.3 Å². The molecule has 2 heterocycles. The monoisotopic (exact) mass is 233 g/mol. The Morgan fingerprint density at radius 3 is 3.06 bits per heavy atom. The van der Waals surface area contributed by atoms with Gasteiger partial charge in [0.05, 0.1) is 0 Å². The number of thiazole rings is 1.